The van der Waals surface area contributed by atoms with Crippen LogP contribution in [0.5, 0.6) is 0 Å². The number of aliphatic hydroxyl groups is 1. The number of nitrogens with one attached hydrogen (secondary N) is 2. The van der Waals surface area contributed by atoms with Crippen molar-refractivity contribution in [3.63, 3.8) is 0 Å². The highest BCUT2D eigenvalue weighted by atomic mass is 127. The first kappa shape index (κ1) is 24.1. The Kier molecular flexibility index (Phi) is 9.99. The molecule has 0 saturated carbocycles. The summed E-state index contributed by atoms with van der Waals surface area (Å²) >= 11 is 0. The molecule has 1 fully saturated rings. The predicted molar refractivity (Wildman–Crippen MR) is 121 cm³/mol. The Bertz CT molecular complexity index is 682. The molecule has 1 aliphatic rings. The normalized spacial score (nSPS) is 19.6. The number of benzene rings is 1. The van der Waals surface area contributed by atoms with Crippen molar-refractivity contribution in [3.8, 4) is 0 Å². The second kappa shape index (κ2) is 11.2. The lowest BCUT2D eigenvalue weighted by Gasteiger charge is -2.27. The highest BCUT2D eigenvalue weighted by molar-refractivity contribution is 14.0. The summed E-state index contributed by atoms with van der Waals surface area (Å²) in [7, 11) is -2.84. The zero-order chi connectivity index (χ0) is 19.0. The molecular weight excluding hydrogens is 479 g/mol. The standard InChI is InChI=1S/C18H30N4O3S.HI/c1-3-19-17(20-9-10-22-11-13-26(24,25)14-12-22)21-15-18(2,23)16-7-5-4-6-8-16;/h4-8,23H,3,9-15H2,1-2H3,(H2,19,20,21);1H. The molecule has 0 aliphatic carbocycles. The number of sulfone groups is 1. The zero-order valence-electron chi connectivity index (χ0n) is 16.0. The van der Waals surface area contributed by atoms with E-state index < -0.39 is 15.4 Å². The highest BCUT2D eigenvalue weighted by Crippen LogP contribution is 2.20. The average molecular weight is 510 g/mol. The van der Waals surface area contributed by atoms with Crippen molar-refractivity contribution in [2.75, 3.05) is 50.8 Å². The molecule has 7 nitrogen and oxygen atoms in total. The minimum absolute atomic E-state index is 0. The maximum atomic E-state index is 11.5. The van der Waals surface area contributed by atoms with E-state index in [0.29, 0.717) is 25.6 Å². The van der Waals surface area contributed by atoms with E-state index in [2.05, 4.69) is 20.5 Å². The number of halogens is 1. The Hall–Kier alpha value is -0.910. The van der Waals surface area contributed by atoms with E-state index in [-0.39, 0.29) is 42.0 Å². The second-order valence-electron chi connectivity index (χ2n) is 6.76. The van der Waals surface area contributed by atoms with Crippen LogP contribution in [0.25, 0.3) is 0 Å². The summed E-state index contributed by atoms with van der Waals surface area (Å²) in [5, 5.41) is 17.1. The van der Waals surface area contributed by atoms with Gasteiger partial charge in [0.15, 0.2) is 15.8 Å². The van der Waals surface area contributed by atoms with Gasteiger partial charge in [0.05, 0.1) is 18.1 Å². The Labute approximate surface area is 179 Å². The molecular formula is C18H31IN4O3S. The summed E-state index contributed by atoms with van der Waals surface area (Å²) in [5.41, 5.74) is -0.209. The van der Waals surface area contributed by atoms with Gasteiger partial charge in [0.1, 0.15) is 5.60 Å². The molecule has 1 saturated heterocycles. The fraction of sp³-hybridized carbons (Fsp3) is 0.611. The van der Waals surface area contributed by atoms with Gasteiger partial charge in [-0.1, -0.05) is 30.3 Å². The summed E-state index contributed by atoms with van der Waals surface area (Å²) in [6, 6.07) is 9.49. The minimum atomic E-state index is -2.84. The summed E-state index contributed by atoms with van der Waals surface area (Å²) in [5.74, 6) is 1.12. The molecule has 0 aromatic heterocycles. The molecule has 1 aromatic carbocycles. The lowest BCUT2D eigenvalue weighted by Crippen LogP contribution is -2.46. The zero-order valence-corrected chi connectivity index (χ0v) is 19.2. The van der Waals surface area contributed by atoms with Crippen LogP contribution in [-0.4, -0.2) is 75.2 Å². The first-order valence-electron chi connectivity index (χ1n) is 9.05. The molecule has 9 heteroatoms. The van der Waals surface area contributed by atoms with Crippen LogP contribution in [0.4, 0.5) is 0 Å². The smallest absolute Gasteiger partial charge is 0.191 e. The largest absolute Gasteiger partial charge is 0.384 e. The average Bonchev–Trinajstić information content (AvgIpc) is 2.62. The molecule has 0 amide bonds. The van der Waals surface area contributed by atoms with Crippen LogP contribution >= 0.6 is 24.0 Å². The Morgan fingerprint density at radius 2 is 1.85 bits per heavy atom. The van der Waals surface area contributed by atoms with Gasteiger partial charge in [-0.05, 0) is 19.4 Å². The summed E-state index contributed by atoms with van der Waals surface area (Å²) < 4.78 is 22.9. The minimum Gasteiger partial charge on any atom is -0.384 e. The lowest BCUT2D eigenvalue weighted by atomic mass is 9.96. The van der Waals surface area contributed by atoms with Gasteiger partial charge in [0, 0.05) is 32.7 Å². The van der Waals surface area contributed by atoms with Crippen LogP contribution in [0.15, 0.2) is 35.3 Å². The summed E-state index contributed by atoms with van der Waals surface area (Å²) in [4.78, 5) is 6.63. The van der Waals surface area contributed by atoms with E-state index in [9.17, 15) is 13.5 Å². The quantitative estimate of drug-likeness (QED) is 0.286. The van der Waals surface area contributed by atoms with Crippen LogP contribution in [0.2, 0.25) is 0 Å². The summed E-state index contributed by atoms with van der Waals surface area (Å²) in [6.07, 6.45) is 0. The van der Waals surface area contributed by atoms with E-state index in [1.807, 2.05) is 37.3 Å². The van der Waals surface area contributed by atoms with Crippen molar-refractivity contribution in [3.05, 3.63) is 35.9 Å². The molecule has 27 heavy (non-hydrogen) atoms. The third-order valence-corrected chi connectivity index (χ3v) is 6.05. The van der Waals surface area contributed by atoms with Gasteiger partial charge in [-0.3, -0.25) is 4.90 Å². The van der Waals surface area contributed by atoms with E-state index in [1.165, 1.54) is 0 Å². The van der Waals surface area contributed by atoms with Crippen LogP contribution in [-0.2, 0) is 15.4 Å². The SMILES string of the molecule is CCNC(=NCC(C)(O)c1ccccc1)NCCN1CCS(=O)(=O)CC1.I. The number of hydrogen-bond donors (Lipinski definition) is 3. The first-order valence-corrected chi connectivity index (χ1v) is 10.9. The van der Waals surface area contributed by atoms with Crippen molar-refractivity contribution >= 4 is 39.8 Å². The fourth-order valence-corrected chi connectivity index (χ4v) is 4.05. The van der Waals surface area contributed by atoms with Gasteiger partial charge in [0.2, 0.25) is 0 Å². The van der Waals surface area contributed by atoms with Crippen molar-refractivity contribution in [1.29, 1.82) is 0 Å². The summed E-state index contributed by atoms with van der Waals surface area (Å²) in [6.45, 7) is 7.30. The van der Waals surface area contributed by atoms with Gasteiger partial charge in [-0.25, -0.2) is 13.4 Å². The second-order valence-corrected chi connectivity index (χ2v) is 9.06. The number of aliphatic imine (C=N–C) groups is 1. The molecule has 1 heterocycles. The van der Waals surface area contributed by atoms with Crippen molar-refractivity contribution < 1.29 is 13.5 Å². The Balaban J connectivity index is 0.00000364. The lowest BCUT2D eigenvalue weighted by molar-refractivity contribution is 0.0672. The fourth-order valence-electron chi connectivity index (χ4n) is 2.77. The monoisotopic (exact) mass is 510 g/mol. The number of hydrogen-bond acceptors (Lipinski definition) is 5. The third kappa shape index (κ3) is 8.32. The van der Waals surface area contributed by atoms with Crippen molar-refractivity contribution in [1.82, 2.24) is 15.5 Å². The van der Waals surface area contributed by atoms with Crippen LogP contribution in [0.3, 0.4) is 0 Å². The molecule has 0 radical (unpaired) electrons. The maximum Gasteiger partial charge on any atom is 0.191 e. The van der Waals surface area contributed by atoms with E-state index in [4.69, 9.17) is 0 Å². The van der Waals surface area contributed by atoms with E-state index in [0.717, 1.165) is 18.7 Å². The van der Waals surface area contributed by atoms with Crippen LogP contribution in [0.1, 0.15) is 19.4 Å². The van der Waals surface area contributed by atoms with Crippen molar-refractivity contribution in [2.24, 2.45) is 4.99 Å². The van der Waals surface area contributed by atoms with E-state index in [1.54, 1.807) is 6.92 Å². The maximum absolute atomic E-state index is 11.5. The molecule has 3 N–H and O–H groups in total. The van der Waals surface area contributed by atoms with Gasteiger partial charge in [-0.15, -0.1) is 24.0 Å². The Morgan fingerprint density at radius 1 is 1.22 bits per heavy atom. The van der Waals surface area contributed by atoms with E-state index >= 15 is 0 Å². The molecule has 1 aromatic rings. The number of guanidine groups is 1. The number of nitrogens with zero attached hydrogens (tertiary/aromatic N) is 2. The van der Waals surface area contributed by atoms with Gasteiger partial charge >= 0.3 is 0 Å². The molecule has 1 aliphatic heterocycles. The van der Waals surface area contributed by atoms with Gasteiger partial charge in [0.25, 0.3) is 0 Å². The molecule has 0 bridgehead atoms. The topological polar surface area (TPSA) is 94.0 Å². The first-order chi connectivity index (χ1) is 12.3. The van der Waals surface area contributed by atoms with Gasteiger partial charge < -0.3 is 15.7 Å². The molecule has 1 unspecified atom stereocenters. The predicted octanol–water partition coefficient (Wildman–Crippen LogP) is 0.798. The molecule has 2 rings (SSSR count). The molecule has 154 valence electrons. The number of rotatable bonds is 7. The van der Waals surface area contributed by atoms with Crippen LogP contribution in [0, 0.1) is 0 Å². The third-order valence-electron chi connectivity index (χ3n) is 4.44. The van der Waals surface area contributed by atoms with Crippen LogP contribution < -0.4 is 10.6 Å². The molecule has 1 atom stereocenters. The van der Waals surface area contributed by atoms with Gasteiger partial charge in [-0.2, -0.15) is 0 Å². The highest BCUT2D eigenvalue weighted by Gasteiger charge is 2.23. The molecule has 0 spiro atoms. The Morgan fingerprint density at radius 3 is 2.44 bits per heavy atom. The van der Waals surface area contributed by atoms with Crippen molar-refractivity contribution in [2.45, 2.75) is 19.4 Å².